The third kappa shape index (κ3) is 5.99. The van der Waals surface area contributed by atoms with E-state index in [0.717, 1.165) is 30.8 Å². The molecule has 0 spiro atoms. The van der Waals surface area contributed by atoms with Gasteiger partial charge >= 0.3 is 0 Å². The zero-order chi connectivity index (χ0) is 16.8. The molecule has 2 heterocycles. The van der Waals surface area contributed by atoms with E-state index in [-0.39, 0.29) is 18.3 Å². The smallest absolute Gasteiger partial charge is 0.226 e. The summed E-state index contributed by atoms with van der Waals surface area (Å²) >= 11 is 3.21. The molecular weight excluding hydrogens is 374 g/mol. The Bertz CT molecular complexity index is 669. The first-order valence-corrected chi connectivity index (χ1v) is 10.5. The van der Waals surface area contributed by atoms with Crippen molar-refractivity contribution < 1.29 is 4.79 Å². The van der Waals surface area contributed by atoms with Gasteiger partial charge in [0.25, 0.3) is 0 Å². The van der Waals surface area contributed by atoms with E-state index in [0.29, 0.717) is 17.5 Å². The van der Waals surface area contributed by atoms with Gasteiger partial charge in [0.2, 0.25) is 5.91 Å². The predicted molar refractivity (Wildman–Crippen MR) is 110 cm³/mol. The van der Waals surface area contributed by atoms with E-state index in [2.05, 4.69) is 46.1 Å². The van der Waals surface area contributed by atoms with Gasteiger partial charge in [-0.3, -0.25) is 4.79 Å². The number of nitrogens with one attached hydrogen (secondary N) is 2. The number of thiazole rings is 1. The van der Waals surface area contributed by atoms with Crippen LogP contribution in [0.25, 0.3) is 11.3 Å². The van der Waals surface area contributed by atoms with Gasteiger partial charge in [-0.1, -0.05) is 12.1 Å². The molecular formula is C18H24ClN3OS2. The van der Waals surface area contributed by atoms with Gasteiger partial charge in [-0.25, -0.2) is 4.98 Å². The highest BCUT2D eigenvalue weighted by atomic mass is 35.5. The first-order valence-electron chi connectivity index (χ1n) is 8.35. The summed E-state index contributed by atoms with van der Waals surface area (Å²) in [6.45, 7) is 2.16. The van der Waals surface area contributed by atoms with Crippen molar-refractivity contribution in [2.45, 2.75) is 30.6 Å². The van der Waals surface area contributed by atoms with Crippen LogP contribution in [-0.2, 0) is 4.79 Å². The summed E-state index contributed by atoms with van der Waals surface area (Å²) in [5.41, 5.74) is 2.00. The van der Waals surface area contributed by atoms with Gasteiger partial charge < -0.3 is 10.6 Å². The van der Waals surface area contributed by atoms with Gasteiger partial charge in [0.1, 0.15) is 0 Å². The summed E-state index contributed by atoms with van der Waals surface area (Å²) in [6.07, 6.45) is 5.99. The van der Waals surface area contributed by atoms with Crippen molar-refractivity contribution in [3.8, 4) is 11.3 Å². The zero-order valence-corrected chi connectivity index (χ0v) is 16.7. The summed E-state index contributed by atoms with van der Waals surface area (Å²) in [6, 6.07) is 8.33. The summed E-state index contributed by atoms with van der Waals surface area (Å²) in [5.74, 6) is 0.756. The van der Waals surface area contributed by atoms with Gasteiger partial charge in [0.05, 0.1) is 5.69 Å². The van der Waals surface area contributed by atoms with Crippen LogP contribution in [0, 0.1) is 5.92 Å². The van der Waals surface area contributed by atoms with Crippen molar-refractivity contribution in [3.63, 3.8) is 0 Å². The maximum Gasteiger partial charge on any atom is 0.226 e. The lowest BCUT2D eigenvalue weighted by molar-refractivity contribution is -0.116. The Balaban J connectivity index is 0.00000225. The number of hydrogen-bond donors (Lipinski definition) is 2. The van der Waals surface area contributed by atoms with E-state index in [9.17, 15) is 4.79 Å². The second-order valence-electron chi connectivity index (χ2n) is 6.05. The molecule has 0 saturated carbocycles. The molecule has 1 aromatic heterocycles. The van der Waals surface area contributed by atoms with Crippen molar-refractivity contribution >= 4 is 46.5 Å². The molecule has 1 aliphatic rings. The minimum Gasteiger partial charge on any atom is -0.317 e. The normalized spacial score (nSPS) is 14.8. The maximum atomic E-state index is 12.1. The van der Waals surface area contributed by atoms with Crippen LogP contribution in [0.4, 0.5) is 5.13 Å². The number of anilines is 1. The van der Waals surface area contributed by atoms with Crippen LogP contribution in [0.1, 0.15) is 25.7 Å². The molecule has 1 aromatic carbocycles. The maximum absolute atomic E-state index is 12.1. The Morgan fingerprint density at radius 3 is 2.72 bits per heavy atom. The van der Waals surface area contributed by atoms with Gasteiger partial charge in [-0.2, -0.15) is 0 Å². The van der Waals surface area contributed by atoms with Gasteiger partial charge in [0, 0.05) is 22.3 Å². The number of halogens is 1. The van der Waals surface area contributed by atoms with Crippen LogP contribution in [0.5, 0.6) is 0 Å². The van der Waals surface area contributed by atoms with E-state index < -0.39 is 0 Å². The highest BCUT2D eigenvalue weighted by molar-refractivity contribution is 7.98. The fraction of sp³-hybridized carbons (Fsp3) is 0.444. The molecule has 1 aliphatic heterocycles. The van der Waals surface area contributed by atoms with Crippen molar-refractivity contribution in [1.82, 2.24) is 10.3 Å². The van der Waals surface area contributed by atoms with Crippen molar-refractivity contribution in [3.05, 3.63) is 29.6 Å². The van der Waals surface area contributed by atoms with Crippen LogP contribution >= 0.6 is 35.5 Å². The first kappa shape index (κ1) is 20.2. The molecule has 1 saturated heterocycles. The van der Waals surface area contributed by atoms with E-state index in [1.54, 1.807) is 11.8 Å². The van der Waals surface area contributed by atoms with Crippen molar-refractivity contribution in [1.29, 1.82) is 0 Å². The highest BCUT2D eigenvalue weighted by Gasteiger charge is 2.15. The number of nitrogens with zero attached hydrogens (tertiary/aromatic N) is 1. The molecule has 3 rings (SSSR count). The molecule has 0 radical (unpaired) electrons. The van der Waals surface area contributed by atoms with Crippen LogP contribution in [0.3, 0.4) is 0 Å². The number of benzene rings is 1. The Labute approximate surface area is 163 Å². The molecule has 0 atom stereocenters. The highest BCUT2D eigenvalue weighted by Crippen LogP contribution is 2.27. The number of carbonyl (C=O) groups excluding carboxylic acids is 1. The number of rotatable bonds is 6. The Morgan fingerprint density at radius 2 is 2.04 bits per heavy atom. The fourth-order valence-electron chi connectivity index (χ4n) is 2.91. The molecule has 25 heavy (non-hydrogen) atoms. The second kappa shape index (κ2) is 10.2. The summed E-state index contributed by atoms with van der Waals surface area (Å²) in [5, 5.41) is 8.99. The first-order chi connectivity index (χ1) is 11.7. The standard InChI is InChI=1S/C18H23N3OS2.ClH/c1-23-15-5-3-14(4-6-15)16-12-24-18(20-16)21-17(22)7-2-13-8-10-19-11-9-13;/h3-6,12-13,19H,2,7-11H2,1H3,(H,20,21,22);1H. The number of hydrogen-bond acceptors (Lipinski definition) is 5. The monoisotopic (exact) mass is 397 g/mol. The summed E-state index contributed by atoms with van der Waals surface area (Å²) in [7, 11) is 0. The topological polar surface area (TPSA) is 54.0 Å². The van der Waals surface area contributed by atoms with Crippen LogP contribution in [-0.4, -0.2) is 30.2 Å². The number of aromatic nitrogens is 1. The fourth-order valence-corrected chi connectivity index (χ4v) is 4.06. The number of piperidine rings is 1. The number of amides is 1. The molecule has 2 aromatic rings. The van der Waals surface area contributed by atoms with Crippen molar-refractivity contribution in [2.75, 3.05) is 24.7 Å². The molecule has 2 N–H and O–H groups in total. The van der Waals surface area contributed by atoms with Crippen LogP contribution < -0.4 is 10.6 Å². The lowest BCUT2D eigenvalue weighted by atomic mass is 9.93. The Hall–Kier alpha value is -1.08. The summed E-state index contributed by atoms with van der Waals surface area (Å²) in [4.78, 5) is 17.9. The molecule has 1 amide bonds. The zero-order valence-electron chi connectivity index (χ0n) is 14.3. The quantitative estimate of drug-likeness (QED) is 0.695. The average molecular weight is 398 g/mol. The SMILES string of the molecule is CSc1ccc(-c2csc(NC(=O)CCC3CCNCC3)n2)cc1.Cl. The van der Waals surface area contributed by atoms with E-state index in [1.807, 2.05) is 5.38 Å². The minimum absolute atomic E-state index is 0. The number of carbonyl (C=O) groups is 1. The van der Waals surface area contributed by atoms with Gasteiger partial charge in [-0.15, -0.1) is 35.5 Å². The van der Waals surface area contributed by atoms with Crippen molar-refractivity contribution in [2.24, 2.45) is 5.92 Å². The molecule has 1 fully saturated rings. The third-order valence-corrected chi connectivity index (χ3v) is 5.88. The molecule has 0 bridgehead atoms. The summed E-state index contributed by atoms with van der Waals surface area (Å²) < 4.78 is 0. The number of thioether (sulfide) groups is 1. The van der Waals surface area contributed by atoms with Crippen LogP contribution in [0.15, 0.2) is 34.5 Å². The van der Waals surface area contributed by atoms with E-state index in [1.165, 1.54) is 29.1 Å². The minimum atomic E-state index is 0. The van der Waals surface area contributed by atoms with E-state index in [4.69, 9.17) is 0 Å². The van der Waals surface area contributed by atoms with Gasteiger partial charge in [-0.05, 0) is 56.7 Å². The average Bonchev–Trinajstić information content (AvgIpc) is 3.09. The molecule has 0 unspecified atom stereocenters. The predicted octanol–water partition coefficient (Wildman–Crippen LogP) is 4.67. The lowest BCUT2D eigenvalue weighted by Crippen LogP contribution is -2.28. The lowest BCUT2D eigenvalue weighted by Gasteiger charge is -2.21. The van der Waals surface area contributed by atoms with Crippen LogP contribution in [0.2, 0.25) is 0 Å². The Kier molecular flexibility index (Phi) is 8.22. The molecule has 4 nitrogen and oxygen atoms in total. The molecule has 0 aliphatic carbocycles. The molecule has 7 heteroatoms. The van der Waals surface area contributed by atoms with Gasteiger partial charge in [0.15, 0.2) is 5.13 Å². The largest absolute Gasteiger partial charge is 0.317 e. The second-order valence-corrected chi connectivity index (χ2v) is 7.78. The third-order valence-electron chi connectivity index (χ3n) is 4.37. The van der Waals surface area contributed by atoms with E-state index >= 15 is 0 Å². The Morgan fingerprint density at radius 1 is 1.32 bits per heavy atom. The molecule has 136 valence electrons.